The SMILES string of the molecule is OC[C@H]1OC(CO)(O[C@H]2O[C@H](C(O)F)[C@@H](O)[C@H](O)[C@H]2O)[C@@H](O)[C@@H]1O. The van der Waals surface area contributed by atoms with Gasteiger partial charge in [-0.3, -0.25) is 0 Å². The Labute approximate surface area is 135 Å². The summed E-state index contributed by atoms with van der Waals surface area (Å²) < 4.78 is 28.1. The lowest BCUT2D eigenvalue weighted by Crippen LogP contribution is -2.63. The van der Waals surface area contributed by atoms with E-state index in [0.29, 0.717) is 0 Å². The topological polar surface area (TPSA) is 190 Å². The van der Waals surface area contributed by atoms with Gasteiger partial charge in [0.2, 0.25) is 12.1 Å². The van der Waals surface area contributed by atoms with E-state index in [-0.39, 0.29) is 0 Å². The number of alkyl halides is 1. The van der Waals surface area contributed by atoms with Crippen LogP contribution < -0.4 is 0 Å². The molecule has 0 saturated carbocycles. The molecule has 2 aliphatic rings. The van der Waals surface area contributed by atoms with Crippen LogP contribution in [0, 0.1) is 0 Å². The van der Waals surface area contributed by atoms with Crippen molar-refractivity contribution >= 4 is 0 Å². The summed E-state index contributed by atoms with van der Waals surface area (Å²) in [5.74, 6) is -2.35. The number of hydrogen-bond acceptors (Lipinski definition) is 11. The molecule has 8 N–H and O–H groups in total. The van der Waals surface area contributed by atoms with Gasteiger partial charge in [-0.2, -0.15) is 0 Å². The highest BCUT2D eigenvalue weighted by molar-refractivity contribution is 4.98. The Hall–Kier alpha value is -0.510. The van der Waals surface area contributed by atoms with Gasteiger partial charge >= 0.3 is 0 Å². The van der Waals surface area contributed by atoms with Gasteiger partial charge in [-0.25, -0.2) is 4.39 Å². The maximum Gasteiger partial charge on any atom is 0.225 e. The molecule has 0 spiro atoms. The lowest BCUT2D eigenvalue weighted by molar-refractivity contribution is -0.391. The van der Waals surface area contributed by atoms with E-state index in [2.05, 4.69) is 0 Å². The Bertz CT molecular complexity index is 426. The van der Waals surface area contributed by atoms with Crippen molar-refractivity contribution in [1.29, 1.82) is 0 Å². The van der Waals surface area contributed by atoms with Gasteiger partial charge < -0.3 is 55.1 Å². The highest BCUT2D eigenvalue weighted by atomic mass is 19.1. The molecule has 0 aliphatic carbocycles. The van der Waals surface area contributed by atoms with Crippen LogP contribution >= 0.6 is 0 Å². The zero-order valence-corrected chi connectivity index (χ0v) is 12.3. The summed E-state index contributed by atoms with van der Waals surface area (Å²) >= 11 is 0. The third-order valence-corrected chi connectivity index (χ3v) is 4.10. The smallest absolute Gasteiger partial charge is 0.225 e. The summed E-state index contributed by atoms with van der Waals surface area (Å²) in [5.41, 5.74) is 0. The maximum atomic E-state index is 13.1. The lowest BCUT2D eigenvalue weighted by atomic mass is 9.98. The first kappa shape index (κ1) is 19.8. The number of hydrogen-bond donors (Lipinski definition) is 8. The second-order valence-corrected chi connectivity index (χ2v) is 5.68. The molecule has 0 radical (unpaired) electrons. The average molecular weight is 360 g/mol. The molecule has 10 atom stereocenters. The van der Waals surface area contributed by atoms with Crippen molar-refractivity contribution in [3.63, 3.8) is 0 Å². The van der Waals surface area contributed by atoms with E-state index in [0.717, 1.165) is 0 Å². The largest absolute Gasteiger partial charge is 0.394 e. The summed E-state index contributed by atoms with van der Waals surface area (Å²) in [4.78, 5) is 0. The molecule has 142 valence electrons. The van der Waals surface area contributed by atoms with Crippen molar-refractivity contribution in [3.8, 4) is 0 Å². The molecule has 2 saturated heterocycles. The quantitative estimate of drug-likeness (QED) is 0.234. The van der Waals surface area contributed by atoms with Crippen LogP contribution in [0.1, 0.15) is 0 Å². The number of ether oxygens (including phenoxy) is 3. The third kappa shape index (κ3) is 3.27. The molecule has 0 amide bonds. The normalized spacial score (nSPS) is 50.9. The van der Waals surface area contributed by atoms with Crippen LogP contribution in [0.3, 0.4) is 0 Å². The van der Waals surface area contributed by atoms with Gasteiger partial charge in [0, 0.05) is 0 Å². The molecule has 12 heteroatoms. The molecular formula is C12H21FO11. The fourth-order valence-electron chi connectivity index (χ4n) is 2.66. The van der Waals surface area contributed by atoms with E-state index in [1.54, 1.807) is 0 Å². The van der Waals surface area contributed by atoms with Gasteiger partial charge in [-0.1, -0.05) is 0 Å². The van der Waals surface area contributed by atoms with Crippen molar-refractivity contribution in [2.45, 2.75) is 61.2 Å². The Balaban J connectivity index is 2.20. The Morgan fingerprint density at radius 2 is 1.62 bits per heavy atom. The van der Waals surface area contributed by atoms with Crippen LogP contribution in [0.4, 0.5) is 4.39 Å². The van der Waals surface area contributed by atoms with E-state index in [1.807, 2.05) is 0 Å². The maximum absolute atomic E-state index is 13.1. The van der Waals surface area contributed by atoms with Crippen LogP contribution in [0.2, 0.25) is 0 Å². The lowest BCUT2D eigenvalue weighted by Gasteiger charge is -2.43. The number of aliphatic hydroxyl groups excluding tert-OH is 8. The van der Waals surface area contributed by atoms with E-state index in [4.69, 9.17) is 24.4 Å². The fourth-order valence-corrected chi connectivity index (χ4v) is 2.66. The standard InChI is InChI=1S/C12H21FO11/c13-10(21)8-6(18)5(17)7(19)11(22-8)24-12(2-15)9(20)4(16)3(1-14)23-12/h3-11,14-21H,1-2H2/t3-,4-,5+,6+,7-,8+,9+,10?,11-,12?/m1/s1. The Kier molecular flexibility index (Phi) is 6.10. The molecule has 2 aliphatic heterocycles. The van der Waals surface area contributed by atoms with E-state index >= 15 is 0 Å². The van der Waals surface area contributed by atoms with Gasteiger partial charge in [0.25, 0.3) is 0 Å². The molecular weight excluding hydrogens is 339 g/mol. The number of halogens is 1. The zero-order valence-electron chi connectivity index (χ0n) is 12.3. The second-order valence-electron chi connectivity index (χ2n) is 5.68. The van der Waals surface area contributed by atoms with Crippen molar-refractivity contribution in [2.75, 3.05) is 13.2 Å². The monoisotopic (exact) mass is 360 g/mol. The minimum atomic E-state index is -2.73. The summed E-state index contributed by atoms with van der Waals surface area (Å²) in [5, 5.41) is 76.3. The van der Waals surface area contributed by atoms with E-state index < -0.39 is 74.4 Å². The van der Waals surface area contributed by atoms with Crippen molar-refractivity contribution in [1.82, 2.24) is 0 Å². The highest BCUT2D eigenvalue weighted by Gasteiger charge is 2.58. The molecule has 24 heavy (non-hydrogen) atoms. The summed E-state index contributed by atoms with van der Waals surface area (Å²) in [7, 11) is 0. The fraction of sp³-hybridized carbons (Fsp3) is 1.00. The van der Waals surface area contributed by atoms with E-state index in [1.165, 1.54) is 0 Å². The molecule has 0 aromatic rings. The predicted molar refractivity (Wildman–Crippen MR) is 68.7 cm³/mol. The van der Waals surface area contributed by atoms with Crippen molar-refractivity contribution < 1.29 is 59.5 Å². The first-order valence-electron chi connectivity index (χ1n) is 7.13. The van der Waals surface area contributed by atoms with Gasteiger partial charge in [-0.05, 0) is 0 Å². The zero-order chi connectivity index (χ0) is 18.2. The summed E-state index contributed by atoms with van der Waals surface area (Å²) in [6.07, 6.45) is -17.4. The van der Waals surface area contributed by atoms with Crippen molar-refractivity contribution in [3.05, 3.63) is 0 Å². The van der Waals surface area contributed by atoms with Crippen LogP contribution in [-0.4, -0.2) is 115 Å². The van der Waals surface area contributed by atoms with Gasteiger partial charge in [0.1, 0.15) is 49.3 Å². The Morgan fingerprint density at radius 1 is 1.00 bits per heavy atom. The molecule has 2 unspecified atom stereocenters. The molecule has 2 heterocycles. The molecule has 0 bridgehead atoms. The first-order valence-corrected chi connectivity index (χ1v) is 7.13. The molecule has 2 rings (SSSR count). The van der Waals surface area contributed by atoms with Crippen LogP contribution in [0.15, 0.2) is 0 Å². The van der Waals surface area contributed by atoms with Crippen LogP contribution in [0.25, 0.3) is 0 Å². The molecule has 0 aromatic carbocycles. The second kappa shape index (κ2) is 7.39. The number of rotatable bonds is 5. The predicted octanol–water partition coefficient (Wildman–Crippen LogP) is -5.10. The van der Waals surface area contributed by atoms with Gasteiger partial charge in [-0.15, -0.1) is 0 Å². The number of aliphatic hydroxyl groups is 8. The molecule has 11 nitrogen and oxygen atoms in total. The molecule has 2 fully saturated rings. The summed E-state index contributed by atoms with van der Waals surface area (Å²) in [6.45, 7) is -1.79. The first-order chi connectivity index (χ1) is 11.2. The summed E-state index contributed by atoms with van der Waals surface area (Å²) in [6, 6.07) is 0. The van der Waals surface area contributed by atoms with Crippen LogP contribution in [-0.2, 0) is 14.2 Å². The Morgan fingerprint density at radius 3 is 2.08 bits per heavy atom. The minimum Gasteiger partial charge on any atom is -0.394 e. The van der Waals surface area contributed by atoms with Gasteiger partial charge in [0.05, 0.1) is 6.61 Å². The minimum absolute atomic E-state index is 0.732. The van der Waals surface area contributed by atoms with Crippen LogP contribution in [0.5, 0.6) is 0 Å². The highest BCUT2D eigenvalue weighted by Crippen LogP contribution is 2.36. The average Bonchev–Trinajstić information content (AvgIpc) is 2.80. The van der Waals surface area contributed by atoms with Gasteiger partial charge in [0.15, 0.2) is 6.29 Å². The molecule has 0 aromatic heterocycles. The third-order valence-electron chi connectivity index (χ3n) is 4.10. The van der Waals surface area contributed by atoms with Crippen molar-refractivity contribution in [2.24, 2.45) is 0 Å². The van der Waals surface area contributed by atoms with E-state index in [9.17, 15) is 35.0 Å².